The molecular weight excluding hydrogens is 232 g/mol. The van der Waals surface area contributed by atoms with Crippen molar-refractivity contribution in [1.29, 1.82) is 5.41 Å². The largest absolute Gasteiger partial charge is 0.334 e. The van der Waals surface area contributed by atoms with Crippen LogP contribution in [0.1, 0.15) is 34.1 Å². The third-order valence-electron chi connectivity index (χ3n) is 1.59. The smallest absolute Gasteiger partial charge is 0.124 e. The fraction of sp³-hybridized carbons (Fsp3) is 0.353. The molecule has 0 aromatic rings. The van der Waals surface area contributed by atoms with Crippen LogP contribution >= 0.6 is 0 Å². The van der Waals surface area contributed by atoms with E-state index in [0.717, 1.165) is 6.54 Å². The lowest BCUT2D eigenvalue weighted by Gasteiger charge is -2.14. The van der Waals surface area contributed by atoms with Gasteiger partial charge in [-0.15, -0.1) is 0 Å². The summed E-state index contributed by atoms with van der Waals surface area (Å²) in [5, 5.41) is 7.47. The van der Waals surface area contributed by atoms with Crippen molar-refractivity contribution >= 4 is 5.84 Å². The number of likely N-dealkylation sites (N-methyl/N-ethyl adjacent to an activating group) is 1. The Labute approximate surface area is 120 Å². The highest BCUT2D eigenvalue weighted by Gasteiger charge is 1.96. The third-order valence-corrected chi connectivity index (χ3v) is 1.59. The van der Waals surface area contributed by atoms with Crippen LogP contribution in [0.3, 0.4) is 0 Å². The normalized spacial score (nSPS) is 8.84. The highest BCUT2D eigenvalue weighted by Crippen LogP contribution is 1.91. The minimum absolute atomic E-state index is 0.433. The van der Waals surface area contributed by atoms with Crippen LogP contribution in [-0.2, 0) is 0 Å². The highest BCUT2D eigenvalue weighted by atomic mass is 15.1. The van der Waals surface area contributed by atoms with Gasteiger partial charge in [-0.25, -0.2) is 0 Å². The molecule has 0 saturated heterocycles. The van der Waals surface area contributed by atoms with Crippen molar-refractivity contribution in [2.24, 2.45) is 0 Å². The van der Waals surface area contributed by atoms with Crippen LogP contribution in [0, 0.1) is 5.41 Å². The second kappa shape index (κ2) is 21.5. The maximum atomic E-state index is 7.47. The van der Waals surface area contributed by atoms with Crippen LogP contribution in [0.15, 0.2) is 62.4 Å². The summed E-state index contributed by atoms with van der Waals surface area (Å²) in [6.07, 6.45) is 13.5. The molecule has 0 aliphatic rings. The Kier molecular flexibility index (Phi) is 25.2. The lowest BCUT2D eigenvalue weighted by Crippen LogP contribution is -2.21. The first-order valence-corrected chi connectivity index (χ1v) is 6.59. The fourth-order valence-corrected chi connectivity index (χ4v) is 0.789. The minimum Gasteiger partial charge on any atom is -0.334 e. The molecule has 0 rings (SSSR count). The topological polar surface area (TPSA) is 27.1 Å². The Bertz CT molecular complexity index is 286. The average Bonchev–Trinajstić information content (AvgIpc) is 2.40. The molecule has 0 aliphatic carbocycles. The van der Waals surface area contributed by atoms with Gasteiger partial charge < -0.3 is 4.90 Å². The van der Waals surface area contributed by atoms with Crippen LogP contribution in [0.2, 0.25) is 0 Å². The van der Waals surface area contributed by atoms with E-state index in [1.54, 1.807) is 35.4 Å². The minimum atomic E-state index is 0.433. The quantitative estimate of drug-likeness (QED) is 0.404. The Hall–Kier alpha value is -1.83. The molecule has 108 valence electrons. The molecule has 0 aliphatic heterocycles. The molecule has 2 heteroatoms. The Morgan fingerprint density at radius 3 is 1.74 bits per heavy atom. The molecule has 0 amide bonds. The summed E-state index contributed by atoms with van der Waals surface area (Å²) < 4.78 is 0. The molecule has 0 aromatic carbocycles. The molecule has 0 atom stereocenters. The van der Waals surface area contributed by atoms with Crippen LogP contribution < -0.4 is 0 Å². The van der Waals surface area contributed by atoms with Gasteiger partial charge in [-0.3, -0.25) is 5.41 Å². The number of amidine groups is 1. The molecule has 19 heavy (non-hydrogen) atoms. The molecule has 1 N–H and O–H groups in total. The van der Waals surface area contributed by atoms with Crippen molar-refractivity contribution in [3.05, 3.63) is 62.4 Å². The highest BCUT2D eigenvalue weighted by molar-refractivity contribution is 5.91. The van der Waals surface area contributed by atoms with Gasteiger partial charge in [0.05, 0.1) is 0 Å². The molecule has 0 spiro atoms. The molecule has 0 saturated carbocycles. The molecule has 0 bridgehead atoms. The number of hydrogen-bond donors (Lipinski definition) is 1. The van der Waals surface area contributed by atoms with Gasteiger partial charge in [0.25, 0.3) is 0 Å². The van der Waals surface area contributed by atoms with Crippen molar-refractivity contribution in [1.82, 2.24) is 4.90 Å². The Morgan fingerprint density at radius 1 is 1.05 bits per heavy atom. The summed E-state index contributed by atoms with van der Waals surface area (Å²) in [4.78, 5) is 1.74. The predicted octanol–water partition coefficient (Wildman–Crippen LogP) is 5.34. The van der Waals surface area contributed by atoms with E-state index in [2.05, 4.69) is 33.6 Å². The number of nitrogens with zero attached hydrogens (tertiary/aromatic N) is 1. The van der Waals surface area contributed by atoms with E-state index >= 15 is 0 Å². The van der Waals surface area contributed by atoms with Crippen molar-refractivity contribution < 1.29 is 0 Å². The molecule has 0 fully saturated rings. The van der Waals surface area contributed by atoms with Crippen LogP contribution in [0.25, 0.3) is 0 Å². The summed E-state index contributed by atoms with van der Waals surface area (Å²) >= 11 is 0. The first-order valence-electron chi connectivity index (χ1n) is 6.59. The number of nitrogens with one attached hydrogen (secondary N) is 1. The summed E-state index contributed by atoms with van der Waals surface area (Å²) in [7, 11) is 0. The van der Waals surface area contributed by atoms with Gasteiger partial charge in [0, 0.05) is 6.54 Å². The Morgan fingerprint density at radius 2 is 1.53 bits per heavy atom. The summed E-state index contributed by atoms with van der Waals surface area (Å²) in [6.45, 7) is 19.5. The van der Waals surface area contributed by atoms with Crippen LogP contribution in [-0.4, -0.2) is 17.3 Å². The van der Waals surface area contributed by atoms with E-state index in [4.69, 9.17) is 5.41 Å². The van der Waals surface area contributed by atoms with Crippen LogP contribution in [0.5, 0.6) is 0 Å². The second-order valence-corrected chi connectivity index (χ2v) is 3.42. The predicted molar refractivity (Wildman–Crippen MR) is 90.6 cm³/mol. The summed E-state index contributed by atoms with van der Waals surface area (Å²) in [5.74, 6) is 0.433. The van der Waals surface area contributed by atoms with E-state index < -0.39 is 0 Å². The third kappa shape index (κ3) is 21.9. The van der Waals surface area contributed by atoms with Gasteiger partial charge >= 0.3 is 0 Å². The van der Waals surface area contributed by atoms with Gasteiger partial charge in [0.2, 0.25) is 0 Å². The monoisotopic (exact) mass is 262 g/mol. The number of hydrogen-bond acceptors (Lipinski definition) is 1. The van der Waals surface area contributed by atoms with Crippen LogP contribution in [0.4, 0.5) is 0 Å². The lowest BCUT2D eigenvalue weighted by atomic mass is 10.4. The zero-order valence-corrected chi connectivity index (χ0v) is 13.0. The first-order chi connectivity index (χ1) is 9.09. The van der Waals surface area contributed by atoms with Gasteiger partial charge in [-0.2, -0.15) is 0 Å². The average molecular weight is 262 g/mol. The first kappa shape index (κ1) is 22.4. The molecule has 0 radical (unpaired) electrons. The SMILES string of the molecule is C=C/C=C\C.C=C/C=C\C(=N)N(C=C)CC.CCC. The van der Waals surface area contributed by atoms with E-state index in [0.29, 0.717) is 5.84 Å². The Balaban J connectivity index is -0.000000266. The van der Waals surface area contributed by atoms with Gasteiger partial charge in [0.15, 0.2) is 0 Å². The van der Waals surface area contributed by atoms with Crippen molar-refractivity contribution in [3.63, 3.8) is 0 Å². The lowest BCUT2D eigenvalue weighted by molar-refractivity contribution is 0.591. The van der Waals surface area contributed by atoms with E-state index in [1.165, 1.54) is 6.42 Å². The summed E-state index contributed by atoms with van der Waals surface area (Å²) in [6, 6.07) is 0. The number of allylic oxidation sites excluding steroid dienone is 5. The van der Waals surface area contributed by atoms with Crippen molar-refractivity contribution in [2.45, 2.75) is 34.1 Å². The fourth-order valence-electron chi connectivity index (χ4n) is 0.789. The standard InChI is InChI=1S/C9H14N2.C5H8.C3H8/c1-4-7-8-9(10)11(5-2)6-3;1-3-5-4-2;1-3-2/h4-5,7-8,10H,1-2,6H2,3H3;3-5H,1H2,2H3;3H2,1-2H3/b8-7-,10-9?;5-4-;. The zero-order chi connectivity index (χ0) is 15.5. The molecule has 0 aromatic heterocycles. The van der Waals surface area contributed by atoms with Gasteiger partial charge in [0.1, 0.15) is 5.84 Å². The molecule has 0 unspecified atom stereocenters. The second-order valence-electron chi connectivity index (χ2n) is 3.42. The van der Waals surface area contributed by atoms with Gasteiger partial charge in [-0.1, -0.05) is 70.4 Å². The van der Waals surface area contributed by atoms with Crippen molar-refractivity contribution in [3.8, 4) is 0 Å². The van der Waals surface area contributed by atoms with Crippen molar-refractivity contribution in [2.75, 3.05) is 6.54 Å². The summed E-state index contributed by atoms with van der Waals surface area (Å²) in [5.41, 5.74) is 0. The maximum absolute atomic E-state index is 7.47. The van der Waals surface area contributed by atoms with E-state index in [-0.39, 0.29) is 0 Å². The van der Waals surface area contributed by atoms with E-state index in [1.807, 2.05) is 26.0 Å². The molecule has 2 nitrogen and oxygen atoms in total. The molecule has 0 heterocycles. The maximum Gasteiger partial charge on any atom is 0.124 e. The van der Waals surface area contributed by atoms with E-state index in [9.17, 15) is 0 Å². The van der Waals surface area contributed by atoms with Gasteiger partial charge in [-0.05, 0) is 26.1 Å². The molecular formula is C17H30N2. The number of rotatable bonds is 5. The zero-order valence-electron chi connectivity index (χ0n) is 13.0.